The number of hydrogen-bond acceptors (Lipinski definition) is 4. The number of imidazole rings is 1. The summed E-state index contributed by atoms with van der Waals surface area (Å²) in [6.07, 6.45) is 8.30. The van der Waals surface area contributed by atoms with Gasteiger partial charge in [0.05, 0.1) is 29.1 Å². The molecule has 1 atom stereocenters. The van der Waals surface area contributed by atoms with E-state index in [1.54, 1.807) is 23.2 Å². The molecule has 1 aliphatic heterocycles. The zero-order valence-electron chi connectivity index (χ0n) is 18.1. The molecule has 0 unspecified atom stereocenters. The third-order valence-corrected chi connectivity index (χ3v) is 5.79. The number of pyridine rings is 1. The lowest BCUT2D eigenvalue weighted by Gasteiger charge is -2.23. The second kappa shape index (κ2) is 8.31. The Kier molecular flexibility index (Phi) is 5.32. The molecule has 6 nitrogen and oxygen atoms in total. The van der Waals surface area contributed by atoms with Crippen molar-refractivity contribution in [3.63, 3.8) is 0 Å². The van der Waals surface area contributed by atoms with Crippen LogP contribution in [0.2, 0.25) is 0 Å². The number of aryl methyl sites for hydroxylation is 3. The molecule has 168 valence electrons. The van der Waals surface area contributed by atoms with E-state index in [-0.39, 0.29) is 5.56 Å². The number of hydrogen-bond donors (Lipinski definition) is 0. The third kappa shape index (κ3) is 3.94. The van der Waals surface area contributed by atoms with Crippen LogP contribution in [0.4, 0.5) is 13.2 Å². The predicted octanol–water partition coefficient (Wildman–Crippen LogP) is 4.99. The molecular formula is C24H21F3N6. The van der Waals surface area contributed by atoms with Crippen LogP contribution >= 0.6 is 0 Å². The molecule has 33 heavy (non-hydrogen) atoms. The molecule has 0 bridgehead atoms. The maximum absolute atomic E-state index is 14.4. The first-order valence-corrected chi connectivity index (χ1v) is 10.7. The molecule has 0 aliphatic carbocycles. The van der Waals surface area contributed by atoms with Crippen LogP contribution in [0.25, 0.3) is 17.8 Å². The summed E-state index contributed by atoms with van der Waals surface area (Å²) in [6, 6.07) is 5.58. The molecule has 9 heteroatoms. The highest BCUT2D eigenvalue weighted by Gasteiger charge is 2.31. The number of nitrogens with zero attached hydrogens (tertiary/aromatic N) is 6. The number of fused-ring (bicyclic) bond motifs is 1. The summed E-state index contributed by atoms with van der Waals surface area (Å²) in [4.78, 5) is 13.4. The van der Waals surface area contributed by atoms with Crippen molar-refractivity contribution in [3.8, 4) is 5.69 Å². The lowest BCUT2D eigenvalue weighted by Crippen LogP contribution is -2.20. The average Bonchev–Trinajstić information content (AvgIpc) is 3.41. The Morgan fingerprint density at radius 2 is 1.82 bits per heavy atom. The number of aromatic nitrogens is 6. The Balaban J connectivity index is 1.43. The smallest absolute Gasteiger partial charge is 0.174 e. The Morgan fingerprint density at radius 3 is 2.58 bits per heavy atom. The molecule has 1 aromatic carbocycles. The van der Waals surface area contributed by atoms with Crippen molar-refractivity contribution in [2.75, 3.05) is 0 Å². The minimum absolute atomic E-state index is 0.290. The summed E-state index contributed by atoms with van der Waals surface area (Å²) >= 11 is 0. The zero-order valence-corrected chi connectivity index (χ0v) is 18.1. The Bertz CT molecular complexity index is 1370. The van der Waals surface area contributed by atoms with Gasteiger partial charge in [0.25, 0.3) is 0 Å². The van der Waals surface area contributed by atoms with Crippen LogP contribution in [0, 0.1) is 31.3 Å². The lowest BCUT2D eigenvalue weighted by molar-refractivity contribution is 0.412. The van der Waals surface area contributed by atoms with Crippen LogP contribution in [0.5, 0.6) is 0 Å². The quantitative estimate of drug-likeness (QED) is 0.411. The standard InChI is InChI=1S/C24H21F3N6/c1-14-12-32(13-28-14)20-9-5-16(29-15(20)2)6-10-21-30-24-17(4-3-11-33(24)31-21)22-18(25)7-8-19(26)23(22)27/h5-10,12-13,17H,3-4,11H2,1-2H3/b10-6+/t17-/m0/s1. The van der Waals surface area contributed by atoms with E-state index >= 15 is 0 Å². The van der Waals surface area contributed by atoms with Gasteiger partial charge in [0.1, 0.15) is 11.6 Å². The highest BCUT2D eigenvalue weighted by molar-refractivity contribution is 5.65. The summed E-state index contributed by atoms with van der Waals surface area (Å²) in [7, 11) is 0. The van der Waals surface area contributed by atoms with Crippen molar-refractivity contribution in [2.45, 2.75) is 39.2 Å². The monoisotopic (exact) mass is 450 g/mol. The Hall–Kier alpha value is -3.75. The van der Waals surface area contributed by atoms with Crippen molar-refractivity contribution in [3.05, 3.63) is 88.5 Å². The van der Waals surface area contributed by atoms with E-state index in [1.165, 1.54) is 0 Å². The van der Waals surface area contributed by atoms with Gasteiger partial charge in [-0.2, -0.15) is 5.10 Å². The van der Waals surface area contributed by atoms with E-state index in [2.05, 4.69) is 20.1 Å². The minimum Gasteiger partial charge on any atom is -0.304 e. The normalized spacial score (nSPS) is 15.8. The third-order valence-electron chi connectivity index (χ3n) is 5.79. The van der Waals surface area contributed by atoms with Crippen molar-refractivity contribution in [1.82, 2.24) is 29.3 Å². The summed E-state index contributed by atoms with van der Waals surface area (Å²) in [5.74, 6) is -2.87. The van der Waals surface area contributed by atoms with Crippen LogP contribution in [-0.2, 0) is 6.54 Å². The van der Waals surface area contributed by atoms with Gasteiger partial charge >= 0.3 is 0 Å². The molecule has 0 amide bonds. The topological polar surface area (TPSA) is 61.4 Å². The largest absolute Gasteiger partial charge is 0.304 e. The van der Waals surface area contributed by atoms with Gasteiger partial charge in [-0.05, 0) is 63.1 Å². The van der Waals surface area contributed by atoms with E-state index in [4.69, 9.17) is 0 Å². The molecule has 3 aromatic heterocycles. The Labute approximate surface area is 188 Å². The van der Waals surface area contributed by atoms with Gasteiger partial charge in [0.15, 0.2) is 17.5 Å². The Morgan fingerprint density at radius 1 is 1.00 bits per heavy atom. The minimum atomic E-state index is -1.17. The van der Waals surface area contributed by atoms with Gasteiger partial charge in [0, 0.05) is 24.2 Å². The maximum Gasteiger partial charge on any atom is 0.174 e. The predicted molar refractivity (Wildman–Crippen MR) is 117 cm³/mol. The molecule has 4 aromatic rings. The molecule has 1 aliphatic rings. The SMILES string of the molecule is Cc1cn(-c2ccc(/C=C/c3nc4n(n3)CCC[C@H]4c3c(F)ccc(F)c3F)nc2C)cn1. The number of rotatable bonds is 4. The molecule has 0 radical (unpaired) electrons. The second-order valence-corrected chi connectivity index (χ2v) is 8.10. The first-order valence-electron chi connectivity index (χ1n) is 10.7. The van der Waals surface area contributed by atoms with Gasteiger partial charge < -0.3 is 4.57 Å². The molecule has 0 spiro atoms. The number of benzene rings is 1. The van der Waals surface area contributed by atoms with E-state index in [0.717, 1.165) is 34.9 Å². The summed E-state index contributed by atoms with van der Waals surface area (Å²) in [5.41, 5.74) is 3.12. The fraction of sp³-hybridized carbons (Fsp3) is 0.250. The molecule has 0 fully saturated rings. The first kappa shape index (κ1) is 21.1. The van der Waals surface area contributed by atoms with Crippen molar-refractivity contribution >= 4 is 12.2 Å². The van der Waals surface area contributed by atoms with Crippen LogP contribution in [0.3, 0.4) is 0 Å². The van der Waals surface area contributed by atoms with Crippen LogP contribution in [0.15, 0.2) is 36.8 Å². The summed E-state index contributed by atoms with van der Waals surface area (Å²) in [6.45, 7) is 4.43. The van der Waals surface area contributed by atoms with Gasteiger partial charge in [0.2, 0.25) is 0 Å². The fourth-order valence-electron chi connectivity index (χ4n) is 4.23. The molecule has 0 saturated heterocycles. The van der Waals surface area contributed by atoms with E-state index in [0.29, 0.717) is 31.0 Å². The van der Waals surface area contributed by atoms with Crippen molar-refractivity contribution in [2.24, 2.45) is 0 Å². The van der Waals surface area contributed by atoms with E-state index in [9.17, 15) is 13.2 Å². The average molecular weight is 450 g/mol. The van der Waals surface area contributed by atoms with Crippen LogP contribution < -0.4 is 0 Å². The lowest BCUT2D eigenvalue weighted by atomic mass is 9.90. The fourth-order valence-corrected chi connectivity index (χ4v) is 4.23. The van der Waals surface area contributed by atoms with Gasteiger partial charge in [-0.15, -0.1) is 0 Å². The second-order valence-electron chi connectivity index (χ2n) is 8.10. The zero-order chi connectivity index (χ0) is 23.1. The molecule has 0 saturated carbocycles. The van der Waals surface area contributed by atoms with E-state index in [1.807, 2.05) is 36.7 Å². The van der Waals surface area contributed by atoms with Crippen LogP contribution in [-0.4, -0.2) is 29.3 Å². The van der Waals surface area contributed by atoms with E-state index < -0.39 is 23.4 Å². The number of halogens is 3. The van der Waals surface area contributed by atoms with Gasteiger partial charge in [-0.25, -0.2) is 27.8 Å². The van der Waals surface area contributed by atoms with Crippen molar-refractivity contribution in [1.29, 1.82) is 0 Å². The van der Waals surface area contributed by atoms with Gasteiger partial charge in [-0.3, -0.25) is 4.98 Å². The van der Waals surface area contributed by atoms with Gasteiger partial charge in [-0.1, -0.05) is 0 Å². The highest BCUT2D eigenvalue weighted by Crippen LogP contribution is 2.36. The first-order chi connectivity index (χ1) is 15.9. The van der Waals surface area contributed by atoms with Crippen molar-refractivity contribution < 1.29 is 13.2 Å². The molecule has 0 N–H and O–H groups in total. The molecule has 4 heterocycles. The molecular weight excluding hydrogens is 429 g/mol. The summed E-state index contributed by atoms with van der Waals surface area (Å²) < 4.78 is 46.1. The molecule has 5 rings (SSSR count). The summed E-state index contributed by atoms with van der Waals surface area (Å²) in [5, 5.41) is 4.45. The highest BCUT2D eigenvalue weighted by atomic mass is 19.2. The van der Waals surface area contributed by atoms with Crippen LogP contribution in [0.1, 0.15) is 53.1 Å². The maximum atomic E-state index is 14.4.